The van der Waals surface area contributed by atoms with Crippen LogP contribution in [0.25, 0.3) is 0 Å². The number of alkyl halides is 1. The van der Waals surface area contributed by atoms with Crippen LogP contribution in [-0.2, 0) is 5.88 Å². The van der Waals surface area contributed by atoms with Gasteiger partial charge in [0.15, 0.2) is 0 Å². The van der Waals surface area contributed by atoms with Crippen LogP contribution in [0.1, 0.15) is 24.0 Å². The molecule has 0 N–H and O–H groups in total. The van der Waals surface area contributed by atoms with Gasteiger partial charge in [-0.3, -0.25) is 0 Å². The van der Waals surface area contributed by atoms with E-state index in [0.29, 0.717) is 11.9 Å². The van der Waals surface area contributed by atoms with Crippen molar-refractivity contribution < 1.29 is 0 Å². The van der Waals surface area contributed by atoms with Gasteiger partial charge in [0, 0.05) is 31.2 Å². The summed E-state index contributed by atoms with van der Waals surface area (Å²) in [5, 5.41) is 0. The van der Waals surface area contributed by atoms with Crippen LogP contribution in [0.4, 0.5) is 5.69 Å². The van der Waals surface area contributed by atoms with Crippen molar-refractivity contribution in [3.05, 3.63) is 29.3 Å². The molecule has 1 aliphatic rings. The van der Waals surface area contributed by atoms with Gasteiger partial charge < -0.3 is 9.80 Å². The minimum Gasteiger partial charge on any atom is -0.370 e. The molecule has 1 atom stereocenters. The highest BCUT2D eigenvalue weighted by molar-refractivity contribution is 6.17. The van der Waals surface area contributed by atoms with E-state index in [9.17, 15) is 0 Å². The van der Waals surface area contributed by atoms with Gasteiger partial charge >= 0.3 is 0 Å². The predicted molar refractivity (Wildman–Crippen MR) is 79.7 cm³/mol. The number of hydrogen-bond donors (Lipinski definition) is 0. The van der Waals surface area contributed by atoms with E-state index in [1.165, 1.54) is 36.2 Å². The Hall–Kier alpha value is -0.730. The highest BCUT2D eigenvalue weighted by Crippen LogP contribution is 2.24. The lowest BCUT2D eigenvalue weighted by Gasteiger charge is -2.37. The molecule has 1 aromatic rings. The maximum absolute atomic E-state index is 5.91. The third-order valence-corrected chi connectivity index (χ3v) is 4.31. The molecular formula is C15H23ClN2. The zero-order valence-electron chi connectivity index (χ0n) is 11.6. The minimum atomic E-state index is 0.599. The molecule has 100 valence electrons. The Kier molecular flexibility index (Phi) is 4.52. The van der Waals surface area contributed by atoms with Crippen LogP contribution in [0.3, 0.4) is 0 Å². The highest BCUT2D eigenvalue weighted by Gasteiger charge is 2.21. The van der Waals surface area contributed by atoms with Crippen molar-refractivity contribution in [2.45, 2.75) is 31.7 Å². The molecule has 0 saturated carbocycles. The van der Waals surface area contributed by atoms with Crippen molar-refractivity contribution >= 4 is 17.3 Å². The van der Waals surface area contributed by atoms with Gasteiger partial charge in [-0.25, -0.2) is 0 Å². The smallest absolute Gasteiger partial charge is 0.0476 e. The van der Waals surface area contributed by atoms with Crippen molar-refractivity contribution in [2.24, 2.45) is 0 Å². The monoisotopic (exact) mass is 266 g/mol. The van der Waals surface area contributed by atoms with E-state index >= 15 is 0 Å². The highest BCUT2D eigenvalue weighted by atomic mass is 35.5. The van der Waals surface area contributed by atoms with Crippen molar-refractivity contribution in [1.82, 2.24) is 4.90 Å². The molecule has 0 radical (unpaired) electrons. The Balaban J connectivity index is 2.12. The number of piperidine rings is 1. The number of benzene rings is 1. The molecule has 0 aromatic heterocycles. The van der Waals surface area contributed by atoms with Crippen LogP contribution in [0, 0.1) is 6.92 Å². The molecule has 3 heteroatoms. The Morgan fingerprint density at radius 2 is 2.22 bits per heavy atom. The Labute approximate surface area is 116 Å². The molecule has 2 nitrogen and oxygen atoms in total. The molecule has 1 fully saturated rings. The summed E-state index contributed by atoms with van der Waals surface area (Å²) in [6.45, 7) is 4.53. The summed E-state index contributed by atoms with van der Waals surface area (Å²) in [7, 11) is 4.42. The van der Waals surface area contributed by atoms with Crippen molar-refractivity contribution in [1.29, 1.82) is 0 Å². The zero-order chi connectivity index (χ0) is 13.1. The second-order valence-electron chi connectivity index (χ2n) is 5.41. The van der Waals surface area contributed by atoms with E-state index in [0.717, 1.165) is 6.54 Å². The summed E-state index contributed by atoms with van der Waals surface area (Å²) < 4.78 is 0. The van der Waals surface area contributed by atoms with E-state index in [-0.39, 0.29) is 0 Å². The number of aryl methyl sites for hydroxylation is 1. The SMILES string of the molecule is Cc1cc(N(C)C2CCCN(C)C2)ccc1CCl. The molecule has 18 heavy (non-hydrogen) atoms. The maximum atomic E-state index is 5.91. The van der Waals surface area contributed by atoms with Crippen LogP contribution in [-0.4, -0.2) is 38.1 Å². The first kappa shape index (κ1) is 13.7. The first-order valence-electron chi connectivity index (χ1n) is 6.68. The molecule has 1 aromatic carbocycles. The van der Waals surface area contributed by atoms with E-state index in [1.54, 1.807) is 0 Å². The van der Waals surface area contributed by atoms with Crippen molar-refractivity contribution in [3.8, 4) is 0 Å². The molecule has 1 saturated heterocycles. The summed E-state index contributed by atoms with van der Waals surface area (Å²) in [5.74, 6) is 0.599. The summed E-state index contributed by atoms with van der Waals surface area (Å²) in [6.07, 6.45) is 2.58. The first-order chi connectivity index (χ1) is 8.61. The number of rotatable bonds is 3. The molecular weight excluding hydrogens is 244 g/mol. The topological polar surface area (TPSA) is 6.48 Å². The fourth-order valence-corrected chi connectivity index (χ4v) is 3.02. The van der Waals surface area contributed by atoms with Gasteiger partial charge in [0.2, 0.25) is 0 Å². The van der Waals surface area contributed by atoms with Crippen molar-refractivity contribution in [3.63, 3.8) is 0 Å². The fraction of sp³-hybridized carbons (Fsp3) is 0.600. The van der Waals surface area contributed by atoms with Gasteiger partial charge in [0.05, 0.1) is 0 Å². The van der Waals surface area contributed by atoms with E-state index in [2.05, 4.69) is 49.0 Å². The largest absolute Gasteiger partial charge is 0.370 e. The normalized spacial score (nSPS) is 21.0. The summed E-state index contributed by atoms with van der Waals surface area (Å²) in [5.41, 5.74) is 3.83. The lowest BCUT2D eigenvalue weighted by Crippen LogP contribution is -2.45. The third kappa shape index (κ3) is 2.99. The standard InChI is InChI=1S/C15H23ClN2/c1-12-9-14(7-6-13(12)10-16)18(3)15-5-4-8-17(2)11-15/h6-7,9,15H,4-5,8,10-11H2,1-3H3. The Morgan fingerprint density at radius 3 is 2.83 bits per heavy atom. The van der Waals surface area contributed by atoms with E-state index in [4.69, 9.17) is 11.6 Å². The predicted octanol–water partition coefficient (Wildman–Crippen LogP) is 3.26. The van der Waals surface area contributed by atoms with Crippen LogP contribution >= 0.6 is 11.6 Å². The molecule has 1 aliphatic heterocycles. The molecule has 0 spiro atoms. The number of anilines is 1. The molecule has 1 unspecified atom stereocenters. The van der Waals surface area contributed by atoms with E-state index in [1.807, 2.05) is 0 Å². The maximum Gasteiger partial charge on any atom is 0.0476 e. The van der Waals surface area contributed by atoms with Crippen LogP contribution in [0.5, 0.6) is 0 Å². The Bertz CT molecular complexity index is 405. The van der Waals surface area contributed by atoms with Gasteiger partial charge in [0.25, 0.3) is 0 Å². The molecule has 0 bridgehead atoms. The quantitative estimate of drug-likeness (QED) is 0.775. The lowest BCUT2D eigenvalue weighted by atomic mass is 10.0. The van der Waals surface area contributed by atoms with Crippen LogP contribution in [0.15, 0.2) is 18.2 Å². The molecule has 2 rings (SSSR count). The van der Waals surface area contributed by atoms with Crippen molar-refractivity contribution in [2.75, 3.05) is 32.1 Å². The van der Waals surface area contributed by atoms with Crippen LogP contribution in [0.2, 0.25) is 0 Å². The van der Waals surface area contributed by atoms with Gasteiger partial charge in [-0.15, -0.1) is 11.6 Å². The average Bonchev–Trinajstić information content (AvgIpc) is 2.37. The Morgan fingerprint density at radius 1 is 1.44 bits per heavy atom. The van der Waals surface area contributed by atoms with Gasteiger partial charge in [-0.2, -0.15) is 0 Å². The number of likely N-dealkylation sites (N-methyl/N-ethyl adjacent to an activating group) is 2. The summed E-state index contributed by atoms with van der Waals surface area (Å²) in [4.78, 5) is 4.84. The second-order valence-corrected chi connectivity index (χ2v) is 5.68. The zero-order valence-corrected chi connectivity index (χ0v) is 12.4. The number of nitrogens with zero attached hydrogens (tertiary/aromatic N) is 2. The van der Waals surface area contributed by atoms with E-state index < -0.39 is 0 Å². The summed E-state index contributed by atoms with van der Waals surface area (Å²) in [6, 6.07) is 7.23. The van der Waals surface area contributed by atoms with Gasteiger partial charge in [-0.1, -0.05) is 6.07 Å². The second kappa shape index (κ2) is 5.94. The third-order valence-electron chi connectivity index (χ3n) is 4.02. The summed E-state index contributed by atoms with van der Waals surface area (Å²) >= 11 is 5.91. The minimum absolute atomic E-state index is 0.599. The molecule has 0 amide bonds. The lowest BCUT2D eigenvalue weighted by molar-refractivity contribution is 0.248. The number of hydrogen-bond acceptors (Lipinski definition) is 2. The van der Waals surface area contributed by atoms with Crippen LogP contribution < -0.4 is 4.90 Å². The fourth-order valence-electron chi connectivity index (χ4n) is 2.72. The molecule has 0 aliphatic carbocycles. The number of likely N-dealkylation sites (tertiary alicyclic amines) is 1. The first-order valence-corrected chi connectivity index (χ1v) is 7.22. The average molecular weight is 267 g/mol. The molecule has 1 heterocycles. The van der Waals surface area contributed by atoms with Gasteiger partial charge in [-0.05, 0) is 56.6 Å². The number of halogens is 1. The van der Waals surface area contributed by atoms with Gasteiger partial charge in [0.1, 0.15) is 0 Å².